The maximum atomic E-state index is 13.6. The number of fused-ring (bicyclic) bond motifs is 1. The topological polar surface area (TPSA) is 111 Å². The maximum Gasteiger partial charge on any atom is 0.343 e. The molecule has 0 saturated carbocycles. The first-order valence-electron chi connectivity index (χ1n) is 13.5. The molecule has 4 aromatic rings. The number of aromatic nitrogens is 3. The molecule has 0 atom stereocenters. The Morgan fingerprint density at radius 3 is 2.71 bits per heavy atom. The molecule has 0 unspecified atom stereocenters. The molecule has 2 aromatic carbocycles. The molecule has 4 rings (SSSR count). The van der Waals surface area contributed by atoms with E-state index in [1.54, 1.807) is 32.4 Å². The van der Waals surface area contributed by atoms with E-state index < -0.39 is 17.2 Å². The highest BCUT2D eigenvalue weighted by Gasteiger charge is 2.18. The van der Waals surface area contributed by atoms with Crippen molar-refractivity contribution in [3.05, 3.63) is 75.4 Å². The first-order valence-corrected chi connectivity index (χ1v) is 13.9. The third-order valence-electron chi connectivity index (χ3n) is 6.46. The van der Waals surface area contributed by atoms with Crippen LogP contribution in [0.15, 0.2) is 53.6 Å². The molecule has 2 aromatic heterocycles. The lowest BCUT2D eigenvalue weighted by Crippen LogP contribution is -2.21. The molecule has 2 N–H and O–H groups in total. The smallest absolute Gasteiger partial charge is 0.343 e. The first-order chi connectivity index (χ1) is 20.2. The van der Waals surface area contributed by atoms with Gasteiger partial charge in [0.15, 0.2) is 0 Å². The second kappa shape index (κ2) is 14.2. The van der Waals surface area contributed by atoms with Crippen molar-refractivity contribution in [2.75, 3.05) is 58.1 Å². The molecule has 12 heteroatoms. The van der Waals surface area contributed by atoms with Crippen LogP contribution in [-0.4, -0.2) is 72.9 Å². The Kier molecular flexibility index (Phi) is 10.5. The first kappa shape index (κ1) is 30.9. The van der Waals surface area contributed by atoms with Crippen LogP contribution >= 0.6 is 11.6 Å². The van der Waals surface area contributed by atoms with Gasteiger partial charge < -0.3 is 29.6 Å². The SMILES string of the molecule is CCOC(=O)c1cn(CCOC)c2ccc(-c3cnc(Nc4ccc(F)c(Cl)c4)nc3NCCCN(C)C)cc2c1=O. The zero-order valence-corrected chi connectivity index (χ0v) is 24.8. The molecule has 10 nitrogen and oxygen atoms in total. The Morgan fingerprint density at radius 1 is 1.19 bits per heavy atom. The monoisotopic (exact) mass is 596 g/mol. The second-order valence-corrected chi connectivity index (χ2v) is 10.2. The van der Waals surface area contributed by atoms with E-state index in [4.69, 9.17) is 21.1 Å². The number of rotatable bonds is 13. The summed E-state index contributed by atoms with van der Waals surface area (Å²) in [6.45, 7) is 4.18. The number of halogens is 2. The highest BCUT2D eigenvalue weighted by Crippen LogP contribution is 2.30. The molecule has 0 aliphatic carbocycles. The Balaban J connectivity index is 1.78. The summed E-state index contributed by atoms with van der Waals surface area (Å²) in [5.41, 5.74) is 2.06. The number of pyridine rings is 1. The summed E-state index contributed by atoms with van der Waals surface area (Å²) in [5.74, 6) is -0.377. The van der Waals surface area contributed by atoms with E-state index in [9.17, 15) is 14.0 Å². The van der Waals surface area contributed by atoms with E-state index in [1.807, 2.05) is 30.8 Å². The lowest BCUT2D eigenvalue weighted by Gasteiger charge is -2.16. The largest absolute Gasteiger partial charge is 0.462 e. The van der Waals surface area contributed by atoms with Gasteiger partial charge in [0.25, 0.3) is 0 Å². The van der Waals surface area contributed by atoms with Crippen LogP contribution < -0.4 is 16.1 Å². The number of nitrogens with zero attached hydrogens (tertiary/aromatic N) is 4. The van der Waals surface area contributed by atoms with Gasteiger partial charge in [0, 0.05) is 49.2 Å². The molecule has 0 aliphatic rings. The van der Waals surface area contributed by atoms with Gasteiger partial charge in [0.2, 0.25) is 11.4 Å². The van der Waals surface area contributed by atoms with E-state index in [0.29, 0.717) is 53.2 Å². The van der Waals surface area contributed by atoms with E-state index in [1.165, 1.54) is 18.3 Å². The summed E-state index contributed by atoms with van der Waals surface area (Å²) in [6.07, 6.45) is 4.02. The van der Waals surface area contributed by atoms with Gasteiger partial charge in [-0.15, -0.1) is 0 Å². The Bertz CT molecular complexity index is 1630. The van der Waals surface area contributed by atoms with Crippen LogP contribution in [-0.2, 0) is 16.0 Å². The zero-order valence-electron chi connectivity index (χ0n) is 24.0. The van der Waals surface area contributed by atoms with Crippen molar-refractivity contribution < 1.29 is 18.7 Å². The molecule has 222 valence electrons. The second-order valence-electron chi connectivity index (χ2n) is 9.80. The number of ether oxygens (including phenoxy) is 2. The molecule has 0 spiro atoms. The van der Waals surface area contributed by atoms with Crippen LogP contribution in [0.3, 0.4) is 0 Å². The Hall–Kier alpha value is -4.06. The van der Waals surface area contributed by atoms with Gasteiger partial charge in [-0.25, -0.2) is 14.2 Å². The van der Waals surface area contributed by atoms with Crippen molar-refractivity contribution in [2.24, 2.45) is 0 Å². The summed E-state index contributed by atoms with van der Waals surface area (Å²) < 4.78 is 25.8. The van der Waals surface area contributed by atoms with E-state index in [2.05, 4.69) is 25.5 Å². The van der Waals surface area contributed by atoms with Gasteiger partial charge in [-0.05, 0) is 69.9 Å². The van der Waals surface area contributed by atoms with E-state index in [-0.39, 0.29) is 23.1 Å². The average Bonchev–Trinajstić information content (AvgIpc) is 2.97. The van der Waals surface area contributed by atoms with Crippen molar-refractivity contribution in [3.63, 3.8) is 0 Å². The third kappa shape index (κ3) is 7.41. The van der Waals surface area contributed by atoms with Crippen LogP contribution in [0.2, 0.25) is 5.02 Å². The fraction of sp³-hybridized carbons (Fsp3) is 0.333. The summed E-state index contributed by atoms with van der Waals surface area (Å²) in [7, 11) is 5.60. The minimum Gasteiger partial charge on any atom is -0.462 e. The molecular weight excluding hydrogens is 563 g/mol. The lowest BCUT2D eigenvalue weighted by atomic mass is 10.0. The highest BCUT2D eigenvalue weighted by atomic mass is 35.5. The van der Waals surface area contributed by atoms with Gasteiger partial charge in [-0.3, -0.25) is 4.79 Å². The van der Waals surface area contributed by atoms with Gasteiger partial charge in [0.1, 0.15) is 17.2 Å². The number of hydrogen-bond donors (Lipinski definition) is 2. The van der Waals surface area contributed by atoms with Crippen LogP contribution in [0, 0.1) is 5.82 Å². The molecule has 0 radical (unpaired) electrons. The molecule has 42 heavy (non-hydrogen) atoms. The number of hydrogen-bond acceptors (Lipinski definition) is 9. The summed E-state index contributed by atoms with van der Waals surface area (Å²) in [6, 6.07) is 9.71. The molecule has 0 aliphatic heterocycles. The quantitative estimate of drug-likeness (QED) is 0.159. The van der Waals surface area contributed by atoms with Crippen molar-refractivity contribution in [3.8, 4) is 11.1 Å². The number of carbonyl (C=O) groups excluding carboxylic acids is 1. The van der Waals surface area contributed by atoms with Crippen molar-refractivity contribution in [1.29, 1.82) is 0 Å². The third-order valence-corrected chi connectivity index (χ3v) is 6.75. The number of anilines is 3. The number of benzene rings is 2. The molecule has 0 fully saturated rings. The normalized spacial score (nSPS) is 11.2. The van der Waals surface area contributed by atoms with E-state index >= 15 is 0 Å². The van der Waals surface area contributed by atoms with Crippen molar-refractivity contribution in [1.82, 2.24) is 19.4 Å². The molecule has 0 saturated heterocycles. The van der Waals surface area contributed by atoms with Crippen molar-refractivity contribution >= 4 is 45.9 Å². The minimum absolute atomic E-state index is 0.0202. The molecule has 2 heterocycles. The van der Waals surface area contributed by atoms with Crippen LogP contribution in [0.5, 0.6) is 0 Å². The Morgan fingerprint density at radius 2 is 2.00 bits per heavy atom. The minimum atomic E-state index is -0.677. The maximum absolute atomic E-state index is 13.6. The predicted molar refractivity (Wildman–Crippen MR) is 163 cm³/mol. The summed E-state index contributed by atoms with van der Waals surface area (Å²) >= 11 is 5.94. The van der Waals surface area contributed by atoms with Gasteiger partial charge >= 0.3 is 5.97 Å². The molecule has 0 amide bonds. The highest BCUT2D eigenvalue weighted by molar-refractivity contribution is 6.31. The summed E-state index contributed by atoms with van der Waals surface area (Å²) in [4.78, 5) is 37.4. The zero-order chi connectivity index (χ0) is 30.2. The summed E-state index contributed by atoms with van der Waals surface area (Å²) in [5, 5.41) is 6.78. The molecular formula is C30H34ClFN6O4. The van der Waals surface area contributed by atoms with E-state index in [0.717, 1.165) is 13.0 Å². The van der Waals surface area contributed by atoms with Crippen molar-refractivity contribution in [2.45, 2.75) is 19.9 Å². The fourth-order valence-electron chi connectivity index (χ4n) is 4.39. The van der Waals surface area contributed by atoms with Gasteiger partial charge in [-0.1, -0.05) is 17.7 Å². The predicted octanol–water partition coefficient (Wildman–Crippen LogP) is 5.18. The number of methoxy groups -OCH3 is 1. The fourth-order valence-corrected chi connectivity index (χ4v) is 4.57. The van der Waals surface area contributed by atoms with Gasteiger partial charge in [0.05, 0.1) is 23.8 Å². The van der Waals surface area contributed by atoms with Crippen LogP contribution in [0.25, 0.3) is 22.0 Å². The Labute approximate surface area is 248 Å². The number of carbonyl (C=O) groups is 1. The lowest BCUT2D eigenvalue weighted by molar-refractivity contribution is 0.0524. The number of nitrogens with one attached hydrogen (secondary N) is 2. The van der Waals surface area contributed by atoms with Crippen LogP contribution in [0.1, 0.15) is 23.7 Å². The van der Waals surface area contributed by atoms with Crippen LogP contribution in [0.4, 0.5) is 21.8 Å². The average molecular weight is 597 g/mol. The van der Waals surface area contributed by atoms with Gasteiger partial charge in [-0.2, -0.15) is 4.98 Å². The standard InChI is InChI=1S/C30H34ClFN6O4/c1-5-42-29(40)23-18-38(13-14-41-4)26-10-7-19(15-21(26)27(23)39)22-17-34-30(35-20-8-9-25(32)24(31)16-20)36-28(22)33-11-6-12-37(2)3/h7-10,15-18H,5-6,11-14H2,1-4H3,(H2,33,34,35,36). The number of esters is 1. The molecule has 0 bridgehead atoms.